The number of hydrogen-bond donors (Lipinski definition) is 4. The minimum absolute atomic E-state index is 0.201. The zero-order chi connectivity index (χ0) is 30.9. The number of anilines is 1. The van der Waals surface area contributed by atoms with Crippen molar-refractivity contribution in [3.05, 3.63) is 89.7 Å². The highest BCUT2D eigenvalue weighted by molar-refractivity contribution is 7.93. The zero-order valence-corrected chi connectivity index (χ0v) is 25.1. The monoisotopic (exact) mass is 615 g/mol. The van der Waals surface area contributed by atoms with E-state index in [-0.39, 0.29) is 22.9 Å². The first-order chi connectivity index (χ1) is 19.6. The van der Waals surface area contributed by atoms with Gasteiger partial charge in [-0.25, -0.2) is 16.8 Å². The average Bonchev–Trinajstić information content (AvgIpc) is 3.25. The molecule has 4 rings (SSSR count). The molecule has 0 saturated carbocycles. The molecule has 1 aliphatic rings. The third kappa shape index (κ3) is 6.42. The van der Waals surface area contributed by atoms with E-state index in [1.165, 1.54) is 18.2 Å². The first kappa shape index (κ1) is 31.0. The minimum Gasteiger partial charge on any atom is -0.480 e. The van der Waals surface area contributed by atoms with Gasteiger partial charge in [0.15, 0.2) is 20.5 Å². The predicted octanol–water partition coefficient (Wildman–Crippen LogP) is 3.52. The molecule has 1 amide bonds. The highest BCUT2D eigenvalue weighted by Gasteiger charge is 2.44. The number of hydrogen-bond acceptors (Lipinski definition) is 8. The summed E-state index contributed by atoms with van der Waals surface area (Å²) in [5.74, 6) is -3.67. The number of amides is 1. The van der Waals surface area contributed by atoms with Crippen molar-refractivity contribution in [2.24, 2.45) is 5.92 Å². The van der Waals surface area contributed by atoms with E-state index >= 15 is 0 Å². The molecule has 2 aromatic carbocycles. The molecule has 0 fully saturated rings. The fourth-order valence-electron chi connectivity index (χ4n) is 4.84. The Morgan fingerprint density at radius 2 is 1.64 bits per heavy atom. The average molecular weight is 616 g/mol. The number of fused-ring (bicyclic) bond motifs is 1. The second kappa shape index (κ2) is 11.7. The number of carboxylic acid groups (broad SMARTS) is 1. The summed E-state index contributed by atoms with van der Waals surface area (Å²) < 4.78 is 59.7. The lowest BCUT2D eigenvalue weighted by Crippen LogP contribution is -2.56. The van der Waals surface area contributed by atoms with E-state index < -0.39 is 54.4 Å². The fraction of sp³-hybridized carbons (Fsp3) is 0.310. The number of furan rings is 1. The largest absolute Gasteiger partial charge is 0.480 e. The van der Waals surface area contributed by atoms with Gasteiger partial charge in [-0.3, -0.25) is 19.6 Å². The number of sulfonamides is 1. The summed E-state index contributed by atoms with van der Waals surface area (Å²) in [6.45, 7) is 4.87. The van der Waals surface area contributed by atoms with Crippen LogP contribution in [0.15, 0.2) is 77.3 Å². The van der Waals surface area contributed by atoms with Crippen molar-refractivity contribution in [2.75, 3.05) is 16.9 Å². The molecule has 42 heavy (non-hydrogen) atoms. The summed E-state index contributed by atoms with van der Waals surface area (Å²) in [6, 6.07) is 12.9. The normalized spacial score (nSPS) is 19.6. The van der Waals surface area contributed by atoms with Crippen LogP contribution in [0, 0.1) is 12.8 Å². The van der Waals surface area contributed by atoms with Crippen molar-refractivity contribution in [1.82, 2.24) is 10.6 Å². The van der Waals surface area contributed by atoms with Crippen molar-refractivity contribution in [1.29, 1.82) is 0 Å². The van der Waals surface area contributed by atoms with E-state index in [9.17, 15) is 31.5 Å². The highest BCUT2D eigenvalue weighted by Crippen LogP contribution is 2.34. The van der Waals surface area contributed by atoms with Gasteiger partial charge in [0.1, 0.15) is 17.5 Å². The molecular formula is C29H33N3O8S2. The molecule has 11 nitrogen and oxygen atoms in total. The van der Waals surface area contributed by atoms with Gasteiger partial charge < -0.3 is 14.8 Å². The second-order valence-electron chi connectivity index (χ2n) is 10.5. The van der Waals surface area contributed by atoms with Gasteiger partial charge in [-0.05, 0) is 42.7 Å². The van der Waals surface area contributed by atoms with Crippen molar-refractivity contribution in [3.8, 4) is 0 Å². The molecule has 1 unspecified atom stereocenters. The molecule has 1 aromatic heterocycles. The number of allylic oxidation sites excluding steroid dienone is 2. The Morgan fingerprint density at radius 1 is 1.00 bits per heavy atom. The lowest BCUT2D eigenvalue weighted by Gasteiger charge is -2.32. The number of sulfone groups is 1. The third-order valence-electron chi connectivity index (χ3n) is 6.99. The molecule has 1 aliphatic carbocycles. The number of benzene rings is 2. The lowest BCUT2D eigenvalue weighted by molar-refractivity contribution is -0.140. The smallest absolute Gasteiger partial charge is 0.320 e. The van der Waals surface area contributed by atoms with E-state index in [2.05, 4.69) is 15.4 Å². The molecule has 0 aliphatic heterocycles. The van der Waals surface area contributed by atoms with Crippen molar-refractivity contribution in [3.63, 3.8) is 0 Å². The molecule has 13 heteroatoms. The van der Waals surface area contributed by atoms with Gasteiger partial charge in [-0.15, -0.1) is 0 Å². The molecule has 0 bridgehead atoms. The summed E-state index contributed by atoms with van der Waals surface area (Å²) in [5.41, 5.74) is 1.64. The van der Waals surface area contributed by atoms with Gasteiger partial charge in [-0.2, -0.15) is 0 Å². The minimum atomic E-state index is -4.30. The Bertz CT molecular complexity index is 1760. The Balaban J connectivity index is 1.73. The van der Waals surface area contributed by atoms with Gasteiger partial charge in [0.25, 0.3) is 5.91 Å². The molecule has 0 saturated heterocycles. The number of carboxylic acids is 1. The van der Waals surface area contributed by atoms with E-state index in [1.807, 2.05) is 30.3 Å². The lowest BCUT2D eigenvalue weighted by atomic mass is 9.93. The molecule has 3 aromatic rings. The third-order valence-corrected chi connectivity index (χ3v) is 9.53. The summed E-state index contributed by atoms with van der Waals surface area (Å²) in [4.78, 5) is 23.3. The number of carbonyl (C=O) groups is 2. The number of carbonyl (C=O) groups excluding carboxylic acids is 1. The Labute approximate surface area is 244 Å². The Morgan fingerprint density at radius 3 is 2.21 bits per heavy atom. The van der Waals surface area contributed by atoms with Gasteiger partial charge in [-0.1, -0.05) is 62.4 Å². The van der Waals surface area contributed by atoms with Crippen LogP contribution in [0.1, 0.15) is 41.4 Å². The SMILES string of the molecule is Cc1c(C(=O)NC2(S(=O)(=O)CNC(C(=O)O)C(C)C)C=CC(c3ccccc3)C=C2)oc2cccc(NS(C)(=O)=O)c12. The molecule has 0 spiro atoms. The van der Waals surface area contributed by atoms with Gasteiger partial charge in [0.2, 0.25) is 10.0 Å². The van der Waals surface area contributed by atoms with Gasteiger partial charge in [0.05, 0.1) is 11.9 Å². The molecule has 0 radical (unpaired) electrons. The van der Waals surface area contributed by atoms with Crippen LogP contribution in [-0.4, -0.2) is 56.9 Å². The molecule has 1 heterocycles. The van der Waals surface area contributed by atoms with E-state index in [0.29, 0.717) is 10.9 Å². The van der Waals surface area contributed by atoms with Crippen molar-refractivity contribution >= 4 is 48.4 Å². The van der Waals surface area contributed by atoms with Crippen LogP contribution in [0.4, 0.5) is 5.69 Å². The first-order valence-electron chi connectivity index (χ1n) is 13.1. The van der Waals surface area contributed by atoms with Crippen molar-refractivity contribution in [2.45, 2.75) is 37.6 Å². The van der Waals surface area contributed by atoms with Crippen LogP contribution >= 0.6 is 0 Å². The summed E-state index contributed by atoms with van der Waals surface area (Å²) in [6.07, 6.45) is 7.06. The van der Waals surface area contributed by atoms with Crippen LogP contribution in [0.25, 0.3) is 11.0 Å². The van der Waals surface area contributed by atoms with E-state index in [4.69, 9.17) is 4.42 Å². The second-order valence-corrected chi connectivity index (χ2v) is 14.5. The van der Waals surface area contributed by atoms with Crippen LogP contribution in [-0.2, 0) is 24.7 Å². The summed E-state index contributed by atoms with van der Waals surface area (Å²) >= 11 is 0. The summed E-state index contributed by atoms with van der Waals surface area (Å²) in [5, 5.41) is 15.1. The van der Waals surface area contributed by atoms with E-state index in [0.717, 1.165) is 11.8 Å². The Kier molecular flexibility index (Phi) is 8.67. The number of rotatable bonds is 11. The predicted molar refractivity (Wildman–Crippen MR) is 160 cm³/mol. The van der Waals surface area contributed by atoms with Crippen LogP contribution < -0.4 is 15.4 Å². The van der Waals surface area contributed by atoms with Crippen LogP contribution in [0.2, 0.25) is 0 Å². The number of nitrogens with one attached hydrogen (secondary N) is 3. The summed E-state index contributed by atoms with van der Waals surface area (Å²) in [7, 11) is -7.94. The number of aryl methyl sites for hydroxylation is 1. The maximum atomic E-state index is 13.9. The molecular weight excluding hydrogens is 582 g/mol. The quantitative estimate of drug-likeness (QED) is 0.236. The van der Waals surface area contributed by atoms with Gasteiger partial charge in [0, 0.05) is 16.9 Å². The van der Waals surface area contributed by atoms with E-state index in [1.54, 1.807) is 45.1 Å². The molecule has 1 atom stereocenters. The molecule has 4 N–H and O–H groups in total. The highest BCUT2D eigenvalue weighted by atomic mass is 32.2. The molecule has 224 valence electrons. The van der Waals surface area contributed by atoms with Crippen LogP contribution in [0.5, 0.6) is 0 Å². The first-order valence-corrected chi connectivity index (χ1v) is 16.6. The zero-order valence-electron chi connectivity index (χ0n) is 23.5. The van der Waals surface area contributed by atoms with Crippen molar-refractivity contribution < 1.29 is 35.9 Å². The topological polar surface area (TPSA) is 172 Å². The fourth-order valence-corrected chi connectivity index (χ4v) is 6.87. The maximum Gasteiger partial charge on any atom is 0.320 e. The standard InChI is InChI=1S/C29H33N3O8S2/c1-18(2)25(28(34)35)30-17-42(38,39)29(15-13-21(14-16-29)20-9-6-5-7-10-20)31-27(33)26-19(3)24-22(32-41(4,36)37)11-8-12-23(24)40-26/h5-16,18,21,25,30,32H,17H2,1-4H3,(H,31,33)(H,34,35). The van der Waals surface area contributed by atoms with Gasteiger partial charge >= 0.3 is 5.97 Å². The maximum absolute atomic E-state index is 13.9. The Hall–Kier alpha value is -3.94. The number of aliphatic carboxylic acids is 1. The van der Waals surface area contributed by atoms with Crippen LogP contribution in [0.3, 0.4) is 0 Å².